The number of anilines is 1. The minimum atomic E-state index is -1.02. The highest BCUT2D eigenvalue weighted by Gasteiger charge is 2.42. The summed E-state index contributed by atoms with van der Waals surface area (Å²) in [5.74, 6) is -0.270. The topological polar surface area (TPSA) is 76.5 Å². The van der Waals surface area contributed by atoms with Gasteiger partial charge in [0, 0.05) is 6.42 Å². The van der Waals surface area contributed by atoms with Crippen LogP contribution in [0.3, 0.4) is 0 Å². The summed E-state index contributed by atoms with van der Waals surface area (Å²) < 4.78 is 0. The molecule has 1 aromatic carbocycles. The monoisotopic (exact) mass is 302 g/mol. The maximum absolute atomic E-state index is 12.4. The molecule has 2 heterocycles. The van der Waals surface area contributed by atoms with E-state index in [2.05, 4.69) is 20.7 Å². The van der Waals surface area contributed by atoms with Gasteiger partial charge in [-0.05, 0) is 19.4 Å². The maximum Gasteiger partial charge on any atom is 0.273 e. The van der Waals surface area contributed by atoms with Gasteiger partial charge in [0.1, 0.15) is 5.01 Å². The Morgan fingerprint density at radius 1 is 1.33 bits per heavy atom. The number of nitrogens with zero attached hydrogens (tertiary/aromatic N) is 3. The number of rotatable bonds is 3. The Hall–Kier alpha value is -2.28. The molecule has 1 N–H and O–H groups in total. The third-order valence-electron chi connectivity index (χ3n) is 3.20. The van der Waals surface area contributed by atoms with Crippen molar-refractivity contribution < 1.29 is 9.63 Å². The van der Waals surface area contributed by atoms with Gasteiger partial charge in [-0.3, -0.25) is 10.1 Å². The first-order valence-electron chi connectivity index (χ1n) is 6.49. The molecule has 108 valence electrons. The fourth-order valence-electron chi connectivity index (χ4n) is 2.02. The van der Waals surface area contributed by atoms with E-state index < -0.39 is 5.60 Å². The molecule has 7 heteroatoms. The van der Waals surface area contributed by atoms with Crippen LogP contribution in [0.2, 0.25) is 0 Å². The van der Waals surface area contributed by atoms with Crippen LogP contribution in [0, 0.1) is 6.92 Å². The van der Waals surface area contributed by atoms with Crippen LogP contribution < -0.4 is 5.32 Å². The molecule has 1 aromatic heterocycles. The van der Waals surface area contributed by atoms with Gasteiger partial charge in [0.15, 0.2) is 0 Å². The number of benzene rings is 1. The molecule has 1 aliphatic heterocycles. The summed E-state index contributed by atoms with van der Waals surface area (Å²) in [5.41, 5.74) is 0.701. The predicted molar refractivity (Wildman–Crippen MR) is 80.4 cm³/mol. The van der Waals surface area contributed by atoms with Crippen molar-refractivity contribution in [3.63, 3.8) is 0 Å². The summed E-state index contributed by atoms with van der Waals surface area (Å²) in [7, 11) is 0. The van der Waals surface area contributed by atoms with E-state index in [1.54, 1.807) is 6.92 Å². The molecule has 0 fully saturated rings. The Morgan fingerprint density at radius 2 is 2.10 bits per heavy atom. The van der Waals surface area contributed by atoms with Crippen LogP contribution in [0.25, 0.3) is 0 Å². The lowest BCUT2D eigenvalue weighted by atomic mass is 9.95. The van der Waals surface area contributed by atoms with Crippen molar-refractivity contribution in [3.05, 3.63) is 40.9 Å². The van der Waals surface area contributed by atoms with Crippen LogP contribution in [-0.4, -0.2) is 27.4 Å². The summed E-state index contributed by atoms with van der Waals surface area (Å²) in [6.45, 7) is 3.55. The molecule has 0 unspecified atom stereocenters. The van der Waals surface area contributed by atoms with E-state index in [9.17, 15) is 4.79 Å². The Kier molecular flexibility index (Phi) is 3.42. The van der Waals surface area contributed by atoms with Crippen LogP contribution in [0.4, 0.5) is 5.13 Å². The van der Waals surface area contributed by atoms with Crippen LogP contribution in [-0.2, 0) is 9.63 Å². The highest BCUT2D eigenvalue weighted by Crippen LogP contribution is 2.28. The van der Waals surface area contributed by atoms with Crippen LogP contribution in [0.5, 0.6) is 0 Å². The van der Waals surface area contributed by atoms with Crippen molar-refractivity contribution in [2.75, 3.05) is 5.32 Å². The van der Waals surface area contributed by atoms with Crippen molar-refractivity contribution in [2.45, 2.75) is 25.9 Å². The first-order valence-corrected chi connectivity index (χ1v) is 7.30. The number of oxime groups is 1. The number of carbonyl (C=O) groups is 1. The fourth-order valence-corrected chi connectivity index (χ4v) is 2.61. The van der Waals surface area contributed by atoms with E-state index in [1.165, 1.54) is 11.3 Å². The number of aryl methyl sites for hydroxylation is 1. The van der Waals surface area contributed by atoms with Crippen molar-refractivity contribution >= 4 is 28.1 Å². The van der Waals surface area contributed by atoms with Gasteiger partial charge in [-0.2, -0.15) is 0 Å². The third kappa shape index (κ3) is 2.78. The quantitative estimate of drug-likeness (QED) is 0.944. The number of amides is 1. The van der Waals surface area contributed by atoms with Crippen LogP contribution in [0.1, 0.15) is 23.9 Å². The lowest BCUT2D eigenvalue weighted by Crippen LogP contribution is -2.40. The lowest BCUT2D eigenvalue weighted by molar-refractivity contribution is -0.135. The minimum absolute atomic E-state index is 0.270. The molecule has 6 nitrogen and oxygen atoms in total. The third-order valence-corrected chi connectivity index (χ3v) is 3.95. The Bertz CT molecular complexity index is 698. The molecular formula is C14H14N4O2S. The second-order valence-corrected chi connectivity index (χ2v) is 6.16. The molecule has 0 spiro atoms. The lowest BCUT2D eigenvalue weighted by Gasteiger charge is -2.19. The van der Waals surface area contributed by atoms with Crippen molar-refractivity contribution in [2.24, 2.45) is 5.16 Å². The van der Waals surface area contributed by atoms with Gasteiger partial charge >= 0.3 is 0 Å². The van der Waals surface area contributed by atoms with Crippen molar-refractivity contribution in [1.29, 1.82) is 0 Å². The number of aromatic nitrogens is 2. The van der Waals surface area contributed by atoms with Gasteiger partial charge < -0.3 is 4.84 Å². The molecular weight excluding hydrogens is 288 g/mol. The van der Waals surface area contributed by atoms with Gasteiger partial charge in [0.25, 0.3) is 5.91 Å². The highest BCUT2D eigenvalue weighted by molar-refractivity contribution is 7.15. The summed E-state index contributed by atoms with van der Waals surface area (Å²) in [6.07, 6.45) is 0.417. The molecule has 21 heavy (non-hydrogen) atoms. The van der Waals surface area contributed by atoms with Gasteiger partial charge in [0.05, 0.1) is 5.71 Å². The highest BCUT2D eigenvalue weighted by atomic mass is 32.1. The first kappa shape index (κ1) is 13.7. The molecule has 0 saturated heterocycles. The van der Waals surface area contributed by atoms with Gasteiger partial charge in [0.2, 0.25) is 10.7 Å². The number of hydrogen-bond acceptors (Lipinski definition) is 6. The molecule has 3 rings (SSSR count). The number of hydrogen-bond donors (Lipinski definition) is 1. The molecule has 1 amide bonds. The van der Waals surface area contributed by atoms with E-state index in [0.29, 0.717) is 11.6 Å². The van der Waals surface area contributed by atoms with E-state index in [4.69, 9.17) is 4.84 Å². The van der Waals surface area contributed by atoms with Gasteiger partial charge in [-0.25, -0.2) is 0 Å². The smallest absolute Gasteiger partial charge is 0.273 e. The second kappa shape index (κ2) is 5.25. The number of nitrogens with one attached hydrogen (secondary N) is 1. The summed E-state index contributed by atoms with van der Waals surface area (Å²) in [5, 5.41) is 15.8. The molecule has 0 saturated carbocycles. The average molecular weight is 302 g/mol. The van der Waals surface area contributed by atoms with E-state index in [0.717, 1.165) is 16.3 Å². The largest absolute Gasteiger partial charge is 0.379 e. The van der Waals surface area contributed by atoms with Crippen LogP contribution in [0.15, 0.2) is 35.5 Å². The number of carbonyl (C=O) groups excluding carboxylic acids is 1. The van der Waals surface area contributed by atoms with Gasteiger partial charge in [-0.15, -0.1) is 10.2 Å². The van der Waals surface area contributed by atoms with E-state index in [1.807, 2.05) is 37.3 Å². The van der Waals surface area contributed by atoms with E-state index >= 15 is 0 Å². The van der Waals surface area contributed by atoms with Gasteiger partial charge in [-0.1, -0.05) is 46.8 Å². The molecule has 0 aliphatic carbocycles. The Balaban J connectivity index is 1.71. The molecule has 1 atom stereocenters. The SMILES string of the molecule is Cc1nnc(NC(=O)[C@]2(C)CC(c3ccccc3)=NO2)s1. The average Bonchev–Trinajstić information content (AvgIpc) is 3.07. The zero-order valence-corrected chi connectivity index (χ0v) is 12.5. The first-order chi connectivity index (χ1) is 10.1. The second-order valence-electron chi connectivity index (χ2n) is 4.98. The Morgan fingerprint density at radius 3 is 2.76 bits per heavy atom. The molecule has 0 bridgehead atoms. The normalized spacial score (nSPS) is 20.8. The van der Waals surface area contributed by atoms with E-state index in [-0.39, 0.29) is 5.91 Å². The van der Waals surface area contributed by atoms with Crippen LogP contribution >= 0.6 is 11.3 Å². The minimum Gasteiger partial charge on any atom is -0.379 e. The molecule has 0 radical (unpaired) electrons. The van der Waals surface area contributed by atoms with Crippen molar-refractivity contribution in [1.82, 2.24) is 10.2 Å². The summed E-state index contributed by atoms with van der Waals surface area (Å²) >= 11 is 1.32. The zero-order chi connectivity index (χ0) is 14.9. The molecule has 1 aliphatic rings. The van der Waals surface area contributed by atoms with Crippen molar-refractivity contribution in [3.8, 4) is 0 Å². The summed E-state index contributed by atoms with van der Waals surface area (Å²) in [6, 6.07) is 9.68. The maximum atomic E-state index is 12.4. The zero-order valence-electron chi connectivity index (χ0n) is 11.7. The predicted octanol–water partition coefficient (Wildman–Crippen LogP) is 2.37. The Labute approximate surface area is 125 Å². The molecule has 2 aromatic rings. The fraction of sp³-hybridized carbons (Fsp3) is 0.286. The summed E-state index contributed by atoms with van der Waals surface area (Å²) in [4.78, 5) is 17.7. The standard InChI is InChI=1S/C14H14N4O2S/c1-9-16-17-13(21-9)15-12(19)14(2)8-11(18-20-14)10-6-4-3-5-7-10/h3-7H,8H2,1-2H3,(H,15,17,19)/t14-/m0/s1.